The van der Waals surface area contributed by atoms with Crippen LogP contribution in [-0.2, 0) is 19.6 Å². The van der Waals surface area contributed by atoms with Crippen molar-refractivity contribution >= 4 is 37.5 Å². The average molecular weight is 379 g/mol. The van der Waals surface area contributed by atoms with Gasteiger partial charge in [-0.1, -0.05) is 12.1 Å². The Balaban J connectivity index is 2.74. The zero-order valence-electron chi connectivity index (χ0n) is 12.0. The summed E-state index contributed by atoms with van der Waals surface area (Å²) in [6, 6.07) is 6.99. The van der Waals surface area contributed by atoms with Crippen LogP contribution in [0, 0.1) is 0 Å². The number of methoxy groups -OCH3 is 1. The van der Waals surface area contributed by atoms with Gasteiger partial charge in [-0.3, -0.25) is 9.10 Å². The number of rotatable bonds is 8. The Hall–Kier alpha value is -1.12. The lowest BCUT2D eigenvalue weighted by molar-refractivity contribution is -0.121. The Morgan fingerprint density at radius 1 is 1.38 bits per heavy atom. The molecular weight excluding hydrogens is 360 g/mol. The lowest BCUT2D eigenvalue weighted by atomic mass is 10.3. The number of halogens is 1. The first-order valence-electron chi connectivity index (χ1n) is 6.34. The summed E-state index contributed by atoms with van der Waals surface area (Å²) in [5, 5.41) is 2.66. The molecule has 0 saturated carbocycles. The van der Waals surface area contributed by atoms with Gasteiger partial charge in [-0.05, 0) is 28.1 Å². The predicted octanol–water partition coefficient (Wildman–Crippen LogP) is 1.37. The van der Waals surface area contributed by atoms with E-state index in [1.165, 1.54) is 4.31 Å². The van der Waals surface area contributed by atoms with E-state index < -0.39 is 10.0 Å². The average Bonchev–Trinajstić information content (AvgIpc) is 2.40. The fourth-order valence-electron chi connectivity index (χ4n) is 1.70. The van der Waals surface area contributed by atoms with E-state index in [2.05, 4.69) is 21.2 Å². The van der Waals surface area contributed by atoms with Crippen LogP contribution in [0.3, 0.4) is 0 Å². The fourth-order valence-corrected chi connectivity index (χ4v) is 3.26. The van der Waals surface area contributed by atoms with E-state index in [0.717, 1.165) is 6.26 Å². The number of carbonyl (C=O) groups is 1. The zero-order chi connectivity index (χ0) is 15.9. The first-order valence-corrected chi connectivity index (χ1v) is 8.98. The number of hydrogen-bond donors (Lipinski definition) is 1. The molecule has 1 rings (SSSR count). The van der Waals surface area contributed by atoms with Crippen LogP contribution in [0.1, 0.15) is 6.42 Å². The Kier molecular flexibility index (Phi) is 7.13. The number of carbonyl (C=O) groups excluding carboxylic acids is 1. The molecular formula is C13H19BrN2O4S. The summed E-state index contributed by atoms with van der Waals surface area (Å²) in [6.45, 7) is 0.912. The third kappa shape index (κ3) is 6.03. The number of benzene rings is 1. The van der Waals surface area contributed by atoms with E-state index in [1.807, 2.05) is 0 Å². The van der Waals surface area contributed by atoms with Gasteiger partial charge in [0, 0.05) is 31.1 Å². The number of sulfonamides is 1. The van der Waals surface area contributed by atoms with Crippen LogP contribution >= 0.6 is 15.9 Å². The third-order valence-corrected chi connectivity index (χ3v) is 4.54. The van der Waals surface area contributed by atoms with Gasteiger partial charge in [0.1, 0.15) is 0 Å². The molecule has 118 valence electrons. The molecule has 0 aliphatic carbocycles. The van der Waals surface area contributed by atoms with Crippen molar-refractivity contribution in [3.8, 4) is 0 Å². The van der Waals surface area contributed by atoms with Gasteiger partial charge in [0.05, 0.1) is 18.6 Å². The molecule has 1 amide bonds. The molecule has 6 nitrogen and oxygen atoms in total. The van der Waals surface area contributed by atoms with Gasteiger partial charge in [-0.15, -0.1) is 0 Å². The molecule has 1 aromatic carbocycles. The molecule has 0 saturated heterocycles. The molecule has 0 aliphatic rings. The van der Waals surface area contributed by atoms with E-state index in [1.54, 1.807) is 31.4 Å². The SMILES string of the molecule is COCCNC(=O)CCN(c1ccccc1Br)S(C)(=O)=O. The van der Waals surface area contributed by atoms with Crippen LogP contribution in [-0.4, -0.2) is 47.4 Å². The van der Waals surface area contributed by atoms with E-state index in [-0.39, 0.29) is 18.9 Å². The van der Waals surface area contributed by atoms with Gasteiger partial charge < -0.3 is 10.1 Å². The van der Waals surface area contributed by atoms with Crippen molar-refractivity contribution in [1.82, 2.24) is 5.32 Å². The summed E-state index contributed by atoms with van der Waals surface area (Å²) in [4.78, 5) is 11.7. The van der Waals surface area contributed by atoms with Crippen molar-refractivity contribution in [3.63, 3.8) is 0 Å². The van der Waals surface area contributed by atoms with E-state index in [0.29, 0.717) is 23.3 Å². The van der Waals surface area contributed by atoms with Gasteiger partial charge in [0.15, 0.2) is 0 Å². The summed E-state index contributed by atoms with van der Waals surface area (Å²) in [6.07, 6.45) is 1.20. The van der Waals surface area contributed by atoms with Crippen LogP contribution in [0.15, 0.2) is 28.7 Å². The maximum absolute atomic E-state index is 11.9. The molecule has 0 atom stereocenters. The summed E-state index contributed by atoms with van der Waals surface area (Å²) in [5.41, 5.74) is 0.518. The lowest BCUT2D eigenvalue weighted by Gasteiger charge is -2.23. The van der Waals surface area contributed by atoms with Crippen LogP contribution in [0.4, 0.5) is 5.69 Å². The van der Waals surface area contributed by atoms with Crippen LogP contribution in [0.5, 0.6) is 0 Å². The third-order valence-electron chi connectivity index (χ3n) is 2.69. The fraction of sp³-hybridized carbons (Fsp3) is 0.462. The van der Waals surface area contributed by atoms with Crippen molar-refractivity contribution in [2.75, 3.05) is 37.4 Å². The molecule has 0 radical (unpaired) electrons. The van der Waals surface area contributed by atoms with Crippen molar-refractivity contribution in [2.24, 2.45) is 0 Å². The minimum Gasteiger partial charge on any atom is -0.383 e. The molecule has 8 heteroatoms. The van der Waals surface area contributed by atoms with Crippen LogP contribution in [0.25, 0.3) is 0 Å². The lowest BCUT2D eigenvalue weighted by Crippen LogP contribution is -2.35. The highest BCUT2D eigenvalue weighted by Gasteiger charge is 2.20. The normalized spacial score (nSPS) is 11.2. The summed E-state index contributed by atoms with van der Waals surface area (Å²) < 4.78 is 30.5. The monoisotopic (exact) mass is 378 g/mol. The molecule has 0 heterocycles. The second kappa shape index (κ2) is 8.35. The number of nitrogens with one attached hydrogen (secondary N) is 1. The summed E-state index contributed by atoms with van der Waals surface area (Å²) in [7, 11) is -1.92. The molecule has 0 bridgehead atoms. The quantitative estimate of drug-likeness (QED) is 0.693. The number of ether oxygens (including phenoxy) is 1. The number of nitrogens with zero attached hydrogens (tertiary/aromatic N) is 1. The van der Waals surface area contributed by atoms with Gasteiger partial charge in [0.2, 0.25) is 15.9 Å². The molecule has 1 aromatic rings. The Bertz CT molecular complexity index is 577. The molecule has 21 heavy (non-hydrogen) atoms. The Morgan fingerprint density at radius 3 is 2.62 bits per heavy atom. The minimum absolute atomic E-state index is 0.0815. The largest absolute Gasteiger partial charge is 0.383 e. The number of amides is 1. The standard InChI is InChI=1S/C13H19BrN2O4S/c1-20-10-8-15-13(17)7-9-16(21(2,18)19)12-6-4-3-5-11(12)14/h3-6H,7-10H2,1-2H3,(H,15,17). The molecule has 0 spiro atoms. The van der Waals surface area contributed by atoms with Crippen molar-refractivity contribution < 1.29 is 17.9 Å². The molecule has 1 N–H and O–H groups in total. The van der Waals surface area contributed by atoms with Crippen LogP contribution < -0.4 is 9.62 Å². The number of anilines is 1. The van der Waals surface area contributed by atoms with Crippen LogP contribution in [0.2, 0.25) is 0 Å². The predicted molar refractivity (Wildman–Crippen MR) is 85.8 cm³/mol. The van der Waals surface area contributed by atoms with E-state index in [4.69, 9.17) is 4.74 Å². The first kappa shape index (κ1) is 17.9. The second-order valence-corrected chi connectivity index (χ2v) is 7.14. The summed E-state index contributed by atoms with van der Waals surface area (Å²) >= 11 is 3.32. The van der Waals surface area contributed by atoms with Crippen molar-refractivity contribution in [3.05, 3.63) is 28.7 Å². The number of hydrogen-bond acceptors (Lipinski definition) is 4. The van der Waals surface area contributed by atoms with Crippen molar-refractivity contribution in [2.45, 2.75) is 6.42 Å². The summed E-state index contributed by atoms with van der Waals surface area (Å²) in [5.74, 6) is -0.215. The van der Waals surface area contributed by atoms with Gasteiger partial charge >= 0.3 is 0 Å². The molecule has 0 aliphatic heterocycles. The van der Waals surface area contributed by atoms with E-state index in [9.17, 15) is 13.2 Å². The zero-order valence-corrected chi connectivity index (χ0v) is 14.4. The number of para-hydroxylation sites is 1. The van der Waals surface area contributed by atoms with E-state index >= 15 is 0 Å². The second-order valence-electron chi connectivity index (χ2n) is 4.38. The molecule has 0 unspecified atom stereocenters. The van der Waals surface area contributed by atoms with Gasteiger partial charge in [-0.25, -0.2) is 8.42 Å². The highest BCUT2D eigenvalue weighted by molar-refractivity contribution is 9.10. The minimum atomic E-state index is -3.46. The highest BCUT2D eigenvalue weighted by atomic mass is 79.9. The maximum Gasteiger partial charge on any atom is 0.232 e. The smallest absolute Gasteiger partial charge is 0.232 e. The van der Waals surface area contributed by atoms with Gasteiger partial charge in [-0.2, -0.15) is 0 Å². The Morgan fingerprint density at radius 2 is 2.05 bits per heavy atom. The first-order chi connectivity index (χ1) is 9.86. The molecule has 0 aromatic heterocycles. The van der Waals surface area contributed by atoms with Crippen molar-refractivity contribution in [1.29, 1.82) is 0 Å². The Labute approximate surface area is 133 Å². The topological polar surface area (TPSA) is 75.7 Å². The maximum atomic E-state index is 11.9. The highest BCUT2D eigenvalue weighted by Crippen LogP contribution is 2.27. The van der Waals surface area contributed by atoms with Gasteiger partial charge in [0.25, 0.3) is 0 Å². The molecule has 0 fully saturated rings.